The fourth-order valence-corrected chi connectivity index (χ4v) is 3.40. The minimum absolute atomic E-state index is 0.00598. The van der Waals surface area contributed by atoms with Gasteiger partial charge in [0.1, 0.15) is 6.07 Å². The molecule has 0 aliphatic carbocycles. The Morgan fingerprint density at radius 1 is 1.10 bits per heavy atom. The molecule has 108 valence electrons. The summed E-state index contributed by atoms with van der Waals surface area (Å²) in [6, 6.07) is 15.3. The molecule has 2 rings (SSSR count). The van der Waals surface area contributed by atoms with E-state index in [1.54, 1.807) is 19.1 Å². The smallest absolute Gasteiger partial charge is 0.207 e. The van der Waals surface area contributed by atoms with Crippen molar-refractivity contribution in [3.63, 3.8) is 0 Å². The summed E-state index contributed by atoms with van der Waals surface area (Å²) in [5.74, 6) is 0. The highest BCUT2D eigenvalue weighted by Gasteiger charge is 2.21. The topological polar surface area (TPSA) is 70.0 Å². The third-order valence-corrected chi connectivity index (χ3v) is 4.81. The summed E-state index contributed by atoms with van der Waals surface area (Å²) < 4.78 is 27.4. The molecule has 1 N–H and O–H groups in total. The molecule has 0 spiro atoms. The van der Waals surface area contributed by atoms with E-state index in [2.05, 4.69) is 4.72 Å². The van der Waals surface area contributed by atoms with Crippen LogP contribution in [0.4, 0.5) is 0 Å². The van der Waals surface area contributed by atoms with E-state index in [1.807, 2.05) is 37.3 Å². The van der Waals surface area contributed by atoms with Gasteiger partial charge in [0.2, 0.25) is 10.0 Å². The van der Waals surface area contributed by atoms with Crippen molar-refractivity contribution >= 4 is 10.0 Å². The first-order chi connectivity index (χ1) is 9.94. The van der Waals surface area contributed by atoms with Gasteiger partial charge in [0.05, 0.1) is 10.5 Å². The van der Waals surface area contributed by atoms with Crippen LogP contribution in [0.3, 0.4) is 0 Å². The van der Waals surface area contributed by atoms with Crippen LogP contribution in [0.15, 0.2) is 53.4 Å². The molecule has 0 radical (unpaired) electrons. The Hall–Kier alpha value is -2.16. The monoisotopic (exact) mass is 300 g/mol. The van der Waals surface area contributed by atoms with Crippen molar-refractivity contribution in [1.82, 2.24) is 4.72 Å². The Labute approximate surface area is 125 Å². The molecule has 0 aromatic heterocycles. The number of hydrogen-bond donors (Lipinski definition) is 1. The summed E-state index contributed by atoms with van der Waals surface area (Å²) in [6.45, 7) is 3.75. The highest BCUT2D eigenvalue weighted by molar-refractivity contribution is 7.89. The van der Waals surface area contributed by atoms with Crippen molar-refractivity contribution in [2.75, 3.05) is 0 Å². The van der Waals surface area contributed by atoms with E-state index in [0.717, 1.165) is 11.1 Å². The SMILES string of the molecule is Cc1ccc(C(C)NS(=O)(=O)c2ccccc2C#N)cc1. The molecule has 21 heavy (non-hydrogen) atoms. The Balaban J connectivity index is 2.29. The van der Waals surface area contributed by atoms with Gasteiger partial charge in [-0.3, -0.25) is 0 Å². The molecule has 1 atom stereocenters. The lowest BCUT2D eigenvalue weighted by Crippen LogP contribution is -2.27. The fourth-order valence-electron chi connectivity index (χ4n) is 2.01. The first-order valence-electron chi connectivity index (χ1n) is 6.52. The molecule has 2 aromatic carbocycles. The molecule has 0 fully saturated rings. The van der Waals surface area contributed by atoms with Crippen LogP contribution in [-0.4, -0.2) is 8.42 Å². The predicted octanol–water partition coefficient (Wildman–Crippen LogP) is 2.91. The summed E-state index contributed by atoms with van der Waals surface area (Å²) in [7, 11) is -3.73. The Morgan fingerprint density at radius 3 is 2.33 bits per heavy atom. The summed E-state index contributed by atoms with van der Waals surface area (Å²) in [5.41, 5.74) is 2.13. The third-order valence-electron chi connectivity index (χ3n) is 3.21. The third kappa shape index (κ3) is 3.48. The second-order valence-corrected chi connectivity index (χ2v) is 6.54. The van der Waals surface area contributed by atoms with Crippen LogP contribution in [0.25, 0.3) is 0 Å². The van der Waals surface area contributed by atoms with Crippen molar-refractivity contribution in [3.8, 4) is 6.07 Å². The summed E-state index contributed by atoms with van der Waals surface area (Å²) in [4.78, 5) is 0.00598. The normalized spacial score (nSPS) is 12.6. The van der Waals surface area contributed by atoms with Gasteiger partial charge in [-0.25, -0.2) is 13.1 Å². The second-order valence-electron chi connectivity index (χ2n) is 4.86. The fraction of sp³-hybridized carbons (Fsp3) is 0.188. The average Bonchev–Trinajstić information content (AvgIpc) is 2.47. The molecule has 4 nitrogen and oxygen atoms in total. The van der Waals surface area contributed by atoms with Crippen molar-refractivity contribution in [2.45, 2.75) is 24.8 Å². The molecule has 0 aliphatic rings. The van der Waals surface area contributed by atoms with Gasteiger partial charge in [-0.1, -0.05) is 42.0 Å². The number of nitrogens with one attached hydrogen (secondary N) is 1. The standard InChI is InChI=1S/C16H16N2O2S/c1-12-7-9-14(10-8-12)13(2)18-21(19,20)16-6-4-3-5-15(16)11-17/h3-10,13,18H,1-2H3. The Kier molecular flexibility index (Phi) is 4.41. The van der Waals surface area contributed by atoms with Crippen LogP contribution in [-0.2, 0) is 10.0 Å². The molecule has 0 amide bonds. The van der Waals surface area contributed by atoms with Crippen LogP contribution in [0.5, 0.6) is 0 Å². The van der Waals surface area contributed by atoms with E-state index < -0.39 is 10.0 Å². The quantitative estimate of drug-likeness (QED) is 0.943. The van der Waals surface area contributed by atoms with Crippen LogP contribution in [0, 0.1) is 18.3 Å². The van der Waals surface area contributed by atoms with Gasteiger partial charge in [-0.2, -0.15) is 5.26 Å². The van der Waals surface area contributed by atoms with Gasteiger partial charge >= 0.3 is 0 Å². The molecule has 1 unspecified atom stereocenters. The zero-order valence-electron chi connectivity index (χ0n) is 11.9. The number of sulfonamides is 1. The van der Waals surface area contributed by atoms with Gasteiger partial charge in [-0.05, 0) is 31.5 Å². The average molecular weight is 300 g/mol. The lowest BCUT2D eigenvalue weighted by atomic mass is 10.1. The molecule has 0 heterocycles. The lowest BCUT2D eigenvalue weighted by molar-refractivity contribution is 0.566. The van der Waals surface area contributed by atoms with E-state index in [1.165, 1.54) is 12.1 Å². The van der Waals surface area contributed by atoms with Crippen LogP contribution in [0.1, 0.15) is 29.7 Å². The van der Waals surface area contributed by atoms with Gasteiger partial charge < -0.3 is 0 Å². The van der Waals surface area contributed by atoms with Crippen molar-refractivity contribution in [2.24, 2.45) is 0 Å². The van der Waals surface area contributed by atoms with Crippen molar-refractivity contribution in [1.29, 1.82) is 5.26 Å². The number of hydrogen-bond acceptors (Lipinski definition) is 3. The molecule has 0 aliphatic heterocycles. The molecular weight excluding hydrogens is 284 g/mol. The Morgan fingerprint density at radius 2 is 1.71 bits per heavy atom. The maximum atomic E-state index is 12.4. The number of benzene rings is 2. The number of nitriles is 1. The highest BCUT2D eigenvalue weighted by Crippen LogP contribution is 2.19. The summed E-state index contributed by atoms with van der Waals surface area (Å²) in [6.07, 6.45) is 0. The van der Waals surface area contributed by atoms with E-state index in [0.29, 0.717) is 0 Å². The minimum atomic E-state index is -3.73. The van der Waals surface area contributed by atoms with Crippen LogP contribution >= 0.6 is 0 Å². The first kappa shape index (κ1) is 15.2. The lowest BCUT2D eigenvalue weighted by Gasteiger charge is -2.15. The second kappa shape index (κ2) is 6.08. The van der Waals surface area contributed by atoms with Crippen molar-refractivity contribution in [3.05, 3.63) is 65.2 Å². The van der Waals surface area contributed by atoms with Crippen molar-refractivity contribution < 1.29 is 8.42 Å². The van der Waals surface area contributed by atoms with Gasteiger partial charge in [0, 0.05) is 6.04 Å². The van der Waals surface area contributed by atoms with Crippen LogP contribution < -0.4 is 4.72 Å². The maximum absolute atomic E-state index is 12.4. The van der Waals surface area contributed by atoms with Gasteiger partial charge in [-0.15, -0.1) is 0 Å². The van der Waals surface area contributed by atoms with Crippen LogP contribution in [0.2, 0.25) is 0 Å². The largest absolute Gasteiger partial charge is 0.242 e. The van der Waals surface area contributed by atoms with Gasteiger partial charge in [0.15, 0.2) is 0 Å². The Bertz CT molecular complexity index is 775. The van der Waals surface area contributed by atoms with E-state index in [4.69, 9.17) is 5.26 Å². The summed E-state index contributed by atoms with van der Waals surface area (Å²) >= 11 is 0. The molecule has 2 aromatic rings. The molecule has 0 saturated heterocycles. The zero-order valence-corrected chi connectivity index (χ0v) is 12.7. The molecule has 0 saturated carbocycles. The van der Waals surface area contributed by atoms with E-state index >= 15 is 0 Å². The van der Waals surface area contributed by atoms with E-state index in [-0.39, 0.29) is 16.5 Å². The maximum Gasteiger partial charge on any atom is 0.242 e. The van der Waals surface area contributed by atoms with E-state index in [9.17, 15) is 8.42 Å². The minimum Gasteiger partial charge on any atom is -0.207 e. The van der Waals surface area contributed by atoms with Gasteiger partial charge in [0.25, 0.3) is 0 Å². The first-order valence-corrected chi connectivity index (χ1v) is 8.00. The molecular formula is C16H16N2O2S. The number of nitrogens with zero attached hydrogens (tertiary/aromatic N) is 1. The zero-order chi connectivity index (χ0) is 15.5. The summed E-state index contributed by atoms with van der Waals surface area (Å²) in [5, 5.41) is 9.02. The highest BCUT2D eigenvalue weighted by atomic mass is 32.2. The predicted molar refractivity (Wildman–Crippen MR) is 81.1 cm³/mol. The molecule has 0 bridgehead atoms. The number of aryl methyl sites for hydroxylation is 1. The molecule has 5 heteroatoms. The number of rotatable bonds is 4.